The summed E-state index contributed by atoms with van der Waals surface area (Å²) in [4.78, 5) is 17.1. The maximum Gasteiger partial charge on any atom is 0.239 e. The monoisotopic (exact) mass is 336 g/mol. The SMILES string of the molecule is COc1c([C@H]2CCCN2[C@@H](C)C(=O)N2CCOCC2)c(C)nn1C. The topological polar surface area (TPSA) is 59.8 Å². The molecule has 0 aliphatic carbocycles. The van der Waals surface area contributed by atoms with E-state index >= 15 is 0 Å². The molecule has 2 atom stereocenters. The zero-order valence-electron chi connectivity index (χ0n) is 15.1. The van der Waals surface area contributed by atoms with Crippen LogP contribution in [0.3, 0.4) is 0 Å². The third-order valence-electron chi connectivity index (χ3n) is 5.21. The number of rotatable bonds is 4. The third-order valence-corrected chi connectivity index (χ3v) is 5.21. The fourth-order valence-corrected chi connectivity index (χ4v) is 4.03. The van der Waals surface area contributed by atoms with Crippen LogP contribution < -0.4 is 4.74 Å². The number of hydrogen-bond acceptors (Lipinski definition) is 5. The second-order valence-corrected chi connectivity index (χ2v) is 6.64. The summed E-state index contributed by atoms with van der Waals surface area (Å²) in [7, 11) is 3.58. The molecule has 3 rings (SSSR count). The molecule has 1 amide bonds. The number of ether oxygens (including phenoxy) is 2. The number of morpholine rings is 1. The third kappa shape index (κ3) is 3.02. The number of aryl methyl sites for hydroxylation is 2. The molecule has 7 nitrogen and oxygen atoms in total. The first kappa shape index (κ1) is 17.2. The lowest BCUT2D eigenvalue weighted by molar-refractivity contribution is -0.140. The highest BCUT2D eigenvalue weighted by Crippen LogP contribution is 2.40. The number of likely N-dealkylation sites (tertiary alicyclic amines) is 1. The van der Waals surface area contributed by atoms with Crippen LogP contribution in [0.25, 0.3) is 0 Å². The van der Waals surface area contributed by atoms with Gasteiger partial charge in [0.05, 0.1) is 37.6 Å². The lowest BCUT2D eigenvalue weighted by atomic mass is 10.0. The molecule has 2 saturated heterocycles. The number of carbonyl (C=O) groups excluding carboxylic acids is 1. The average molecular weight is 336 g/mol. The molecule has 1 aromatic rings. The Kier molecular flexibility index (Phi) is 5.10. The van der Waals surface area contributed by atoms with Crippen LogP contribution in [0.15, 0.2) is 0 Å². The van der Waals surface area contributed by atoms with Gasteiger partial charge in [-0.2, -0.15) is 5.10 Å². The molecule has 24 heavy (non-hydrogen) atoms. The zero-order chi connectivity index (χ0) is 17.3. The van der Waals surface area contributed by atoms with Crippen molar-refractivity contribution in [2.75, 3.05) is 40.0 Å². The van der Waals surface area contributed by atoms with Crippen LogP contribution in [0.4, 0.5) is 0 Å². The molecule has 0 unspecified atom stereocenters. The predicted octanol–water partition coefficient (Wildman–Crippen LogP) is 1.12. The van der Waals surface area contributed by atoms with Gasteiger partial charge in [-0.05, 0) is 33.2 Å². The quantitative estimate of drug-likeness (QED) is 0.825. The molecule has 0 bridgehead atoms. The highest BCUT2D eigenvalue weighted by molar-refractivity contribution is 5.81. The summed E-state index contributed by atoms with van der Waals surface area (Å²) in [6.07, 6.45) is 2.12. The summed E-state index contributed by atoms with van der Waals surface area (Å²) in [6.45, 7) is 7.62. The van der Waals surface area contributed by atoms with Crippen molar-refractivity contribution in [3.05, 3.63) is 11.3 Å². The van der Waals surface area contributed by atoms with Crippen molar-refractivity contribution in [1.82, 2.24) is 19.6 Å². The van der Waals surface area contributed by atoms with E-state index in [4.69, 9.17) is 9.47 Å². The highest BCUT2D eigenvalue weighted by Gasteiger charge is 2.38. The van der Waals surface area contributed by atoms with Crippen molar-refractivity contribution in [2.24, 2.45) is 7.05 Å². The van der Waals surface area contributed by atoms with E-state index in [9.17, 15) is 4.79 Å². The van der Waals surface area contributed by atoms with Crippen molar-refractivity contribution in [3.8, 4) is 5.88 Å². The molecule has 0 radical (unpaired) electrons. The molecule has 0 aromatic carbocycles. The normalized spacial score (nSPS) is 23.5. The number of methoxy groups -OCH3 is 1. The van der Waals surface area contributed by atoms with Gasteiger partial charge in [0.15, 0.2) is 0 Å². The minimum Gasteiger partial charge on any atom is -0.481 e. The van der Waals surface area contributed by atoms with Crippen molar-refractivity contribution < 1.29 is 14.3 Å². The minimum atomic E-state index is -0.139. The maximum absolute atomic E-state index is 12.9. The van der Waals surface area contributed by atoms with Crippen molar-refractivity contribution in [3.63, 3.8) is 0 Å². The van der Waals surface area contributed by atoms with E-state index in [-0.39, 0.29) is 18.0 Å². The Morgan fingerprint density at radius 3 is 2.71 bits per heavy atom. The van der Waals surface area contributed by atoms with Gasteiger partial charge in [0.1, 0.15) is 0 Å². The molecule has 1 aromatic heterocycles. The fourth-order valence-electron chi connectivity index (χ4n) is 4.03. The van der Waals surface area contributed by atoms with Crippen LogP contribution in [0.2, 0.25) is 0 Å². The smallest absolute Gasteiger partial charge is 0.239 e. The predicted molar refractivity (Wildman–Crippen MR) is 90.0 cm³/mol. The van der Waals surface area contributed by atoms with Gasteiger partial charge in [0.2, 0.25) is 11.8 Å². The van der Waals surface area contributed by atoms with Crippen LogP contribution in [-0.4, -0.2) is 71.5 Å². The fraction of sp³-hybridized carbons (Fsp3) is 0.765. The number of amides is 1. The van der Waals surface area contributed by atoms with Gasteiger partial charge in [-0.15, -0.1) is 0 Å². The molecule has 134 valence electrons. The zero-order valence-corrected chi connectivity index (χ0v) is 15.1. The van der Waals surface area contributed by atoms with Crippen LogP contribution in [0, 0.1) is 6.92 Å². The lowest BCUT2D eigenvalue weighted by Crippen LogP contribution is -2.50. The Hall–Kier alpha value is -1.60. The molecule has 2 aliphatic rings. The molecule has 0 saturated carbocycles. The van der Waals surface area contributed by atoms with E-state index in [1.54, 1.807) is 11.8 Å². The molecule has 2 aliphatic heterocycles. The molecule has 2 fully saturated rings. The van der Waals surface area contributed by atoms with Crippen LogP contribution in [0.5, 0.6) is 5.88 Å². The van der Waals surface area contributed by atoms with E-state index < -0.39 is 0 Å². The Balaban J connectivity index is 1.81. The number of nitrogens with zero attached hydrogens (tertiary/aromatic N) is 4. The number of carbonyl (C=O) groups is 1. The Labute approximate surface area is 143 Å². The van der Waals surface area contributed by atoms with E-state index in [0.717, 1.165) is 36.5 Å². The summed E-state index contributed by atoms with van der Waals surface area (Å²) in [5, 5.41) is 4.51. The maximum atomic E-state index is 12.9. The Morgan fingerprint density at radius 1 is 1.33 bits per heavy atom. The molecular formula is C17H28N4O3. The highest BCUT2D eigenvalue weighted by atomic mass is 16.5. The molecule has 0 spiro atoms. The summed E-state index contributed by atoms with van der Waals surface area (Å²) in [6, 6.07) is 0.0496. The van der Waals surface area contributed by atoms with Crippen LogP contribution in [0.1, 0.15) is 37.1 Å². The summed E-state index contributed by atoms with van der Waals surface area (Å²) < 4.78 is 12.7. The first-order valence-corrected chi connectivity index (χ1v) is 8.74. The number of hydrogen-bond donors (Lipinski definition) is 0. The Bertz CT molecular complexity index is 595. The van der Waals surface area contributed by atoms with Crippen molar-refractivity contribution >= 4 is 5.91 Å². The second kappa shape index (κ2) is 7.11. The van der Waals surface area contributed by atoms with Gasteiger partial charge in [-0.3, -0.25) is 9.69 Å². The summed E-state index contributed by atoms with van der Waals surface area (Å²) >= 11 is 0. The van der Waals surface area contributed by atoms with Crippen LogP contribution in [-0.2, 0) is 16.6 Å². The van der Waals surface area contributed by atoms with E-state index in [1.165, 1.54) is 0 Å². The van der Waals surface area contributed by atoms with Gasteiger partial charge in [-0.1, -0.05) is 0 Å². The largest absolute Gasteiger partial charge is 0.481 e. The first-order chi connectivity index (χ1) is 11.5. The molecular weight excluding hydrogens is 308 g/mol. The van der Waals surface area contributed by atoms with Gasteiger partial charge in [0, 0.05) is 26.2 Å². The van der Waals surface area contributed by atoms with Crippen LogP contribution >= 0.6 is 0 Å². The summed E-state index contributed by atoms with van der Waals surface area (Å²) in [5.74, 6) is 1.00. The Morgan fingerprint density at radius 2 is 2.04 bits per heavy atom. The van der Waals surface area contributed by atoms with E-state index in [0.29, 0.717) is 26.3 Å². The van der Waals surface area contributed by atoms with E-state index in [1.807, 2.05) is 25.8 Å². The van der Waals surface area contributed by atoms with Crippen molar-refractivity contribution in [2.45, 2.75) is 38.8 Å². The molecule has 0 N–H and O–H groups in total. The lowest BCUT2D eigenvalue weighted by Gasteiger charge is -2.35. The standard InChI is InChI=1S/C17H28N4O3/c1-12-15(17(23-4)19(3)18-12)14-6-5-7-21(14)13(2)16(22)20-8-10-24-11-9-20/h13-14H,5-11H2,1-4H3/t13-,14+/m0/s1. The minimum absolute atomic E-state index is 0.139. The average Bonchev–Trinajstić information content (AvgIpc) is 3.17. The summed E-state index contributed by atoms with van der Waals surface area (Å²) in [5.41, 5.74) is 2.11. The van der Waals surface area contributed by atoms with Crippen molar-refractivity contribution in [1.29, 1.82) is 0 Å². The van der Waals surface area contributed by atoms with Gasteiger partial charge in [-0.25, -0.2) is 4.68 Å². The van der Waals surface area contributed by atoms with E-state index in [2.05, 4.69) is 10.00 Å². The first-order valence-electron chi connectivity index (χ1n) is 8.74. The van der Waals surface area contributed by atoms with Gasteiger partial charge >= 0.3 is 0 Å². The second-order valence-electron chi connectivity index (χ2n) is 6.64. The molecule has 7 heteroatoms. The number of aromatic nitrogens is 2. The van der Waals surface area contributed by atoms with Gasteiger partial charge in [0.25, 0.3) is 0 Å². The van der Waals surface area contributed by atoms with Gasteiger partial charge < -0.3 is 14.4 Å². The molecule has 3 heterocycles.